The topological polar surface area (TPSA) is 79.5 Å². The number of benzene rings is 2. The molecule has 0 saturated heterocycles. The van der Waals surface area contributed by atoms with E-state index in [0.29, 0.717) is 36.2 Å². The lowest BCUT2D eigenvalue weighted by atomic mass is 9.85. The number of amides is 3. The largest absolute Gasteiger partial charge is 0.492 e. The van der Waals surface area contributed by atoms with E-state index in [1.165, 1.54) is 6.92 Å². The normalized spacial score (nSPS) is 10.9. The zero-order valence-electron chi connectivity index (χ0n) is 16.3. The Bertz CT molecular complexity index is 824. The molecule has 3 amide bonds. The number of hydrogen-bond donors (Lipinski definition) is 3. The summed E-state index contributed by atoms with van der Waals surface area (Å²) in [7, 11) is 0. The molecule has 0 spiro atoms. The molecular formula is C21H26ClN3O3. The predicted octanol–water partition coefficient (Wildman–Crippen LogP) is 3.95. The minimum Gasteiger partial charge on any atom is -0.492 e. The quantitative estimate of drug-likeness (QED) is 0.584. The fourth-order valence-electron chi connectivity index (χ4n) is 2.58. The third-order valence-electron chi connectivity index (χ3n) is 4.11. The summed E-state index contributed by atoms with van der Waals surface area (Å²) < 4.78 is 5.60. The molecule has 0 atom stereocenters. The number of nitrogens with one attached hydrogen (secondary N) is 3. The minimum absolute atomic E-state index is 0.142. The molecule has 0 saturated carbocycles. The van der Waals surface area contributed by atoms with Gasteiger partial charge in [0.25, 0.3) is 0 Å². The zero-order valence-corrected chi connectivity index (χ0v) is 17.1. The second kappa shape index (κ2) is 9.99. The van der Waals surface area contributed by atoms with Crippen LogP contribution in [0, 0.1) is 0 Å². The van der Waals surface area contributed by atoms with Crippen LogP contribution < -0.4 is 20.7 Å². The Morgan fingerprint density at radius 2 is 1.82 bits per heavy atom. The predicted molar refractivity (Wildman–Crippen MR) is 112 cm³/mol. The molecule has 3 N–H and O–H groups in total. The second-order valence-corrected chi connectivity index (χ2v) is 7.50. The Morgan fingerprint density at radius 1 is 1.07 bits per heavy atom. The number of hydrogen-bond acceptors (Lipinski definition) is 3. The van der Waals surface area contributed by atoms with Crippen LogP contribution in [0.4, 0.5) is 10.5 Å². The first-order valence-electron chi connectivity index (χ1n) is 9.04. The monoisotopic (exact) mass is 403 g/mol. The molecule has 0 aliphatic heterocycles. The number of carbonyl (C=O) groups excluding carboxylic acids is 2. The van der Waals surface area contributed by atoms with Crippen LogP contribution in [-0.2, 0) is 10.2 Å². The first-order chi connectivity index (χ1) is 13.3. The van der Waals surface area contributed by atoms with Gasteiger partial charge in [-0.05, 0) is 29.8 Å². The molecule has 0 bridgehead atoms. The molecule has 0 fully saturated rings. The first kappa shape index (κ1) is 21.6. The van der Waals surface area contributed by atoms with Gasteiger partial charge in [0, 0.05) is 35.7 Å². The van der Waals surface area contributed by atoms with Crippen molar-refractivity contribution in [3.05, 3.63) is 59.1 Å². The van der Waals surface area contributed by atoms with Gasteiger partial charge in [-0.2, -0.15) is 0 Å². The average molecular weight is 404 g/mol. The van der Waals surface area contributed by atoms with E-state index in [1.807, 2.05) is 38.1 Å². The number of ether oxygens (including phenoxy) is 1. The second-order valence-electron chi connectivity index (χ2n) is 7.06. The fourth-order valence-corrected chi connectivity index (χ4v) is 2.77. The molecule has 0 radical (unpaired) electrons. The Labute approximate surface area is 170 Å². The minimum atomic E-state index is -0.259. The molecule has 28 heavy (non-hydrogen) atoms. The summed E-state index contributed by atoms with van der Waals surface area (Å²) in [6.45, 7) is 6.68. The van der Waals surface area contributed by atoms with Gasteiger partial charge in [-0.3, -0.25) is 4.79 Å². The molecule has 0 aliphatic rings. The summed E-state index contributed by atoms with van der Waals surface area (Å²) >= 11 is 6.05. The summed E-state index contributed by atoms with van der Waals surface area (Å²) in [5.41, 5.74) is 1.48. The van der Waals surface area contributed by atoms with Crippen molar-refractivity contribution in [1.82, 2.24) is 10.6 Å². The maximum atomic E-state index is 12.0. The molecule has 0 aliphatic carbocycles. The number of halogens is 1. The Balaban J connectivity index is 1.72. The van der Waals surface area contributed by atoms with E-state index in [9.17, 15) is 9.59 Å². The Morgan fingerprint density at radius 3 is 2.54 bits per heavy atom. The van der Waals surface area contributed by atoms with E-state index < -0.39 is 0 Å². The van der Waals surface area contributed by atoms with Crippen molar-refractivity contribution in [2.75, 3.05) is 25.0 Å². The van der Waals surface area contributed by atoms with E-state index in [2.05, 4.69) is 16.0 Å². The lowest BCUT2D eigenvalue weighted by Gasteiger charge is -2.26. The lowest BCUT2D eigenvalue weighted by Crippen LogP contribution is -2.43. The van der Waals surface area contributed by atoms with Gasteiger partial charge in [0.05, 0.1) is 6.54 Å². The van der Waals surface area contributed by atoms with Gasteiger partial charge in [-0.25, -0.2) is 4.79 Å². The van der Waals surface area contributed by atoms with Crippen LogP contribution >= 0.6 is 11.6 Å². The number of anilines is 1. The van der Waals surface area contributed by atoms with Crippen molar-refractivity contribution in [3.63, 3.8) is 0 Å². The Hall–Kier alpha value is -2.73. The number of urea groups is 1. The summed E-state index contributed by atoms with van der Waals surface area (Å²) in [6.07, 6.45) is 0. The van der Waals surface area contributed by atoms with Gasteiger partial charge in [0.2, 0.25) is 5.91 Å². The summed E-state index contributed by atoms with van der Waals surface area (Å²) in [4.78, 5) is 23.1. The van der Waals surface area contributed by atoms with Gasteiger partial charge < -0.3 is 20.7 Å². The van der Waals surface area contributed by atoms with Crippen LogP contribution in [0.1, 0.15) is 26.3 Å². The molecule has 7 heteroatoms. The van der Waals surface area contributed by atoms with Gasteiger partial charge in [0.1, 0.15) is 12.4 Å². The average Bonchev–Trinajstić information content (AvgIpc) is 2.63. The fraction of sp³-hybridized carbons (Fsp3) is 0.333. The Kier molecular flexibility index (Phi) is 7.70. The van der Waals surface area contributed by atoms with E-state index >= 15 is 0 Å². The summed E-state index contributed by atoms with van der Waals surface area (Å²) in [5, 5.41) is 9.01. The van der Waals surface area contributed by atoms with Crippen LogP contribution in [0.5, 0.6) is 5.75 Å². The van der Waals surface area contributed by atoms with Crippen molar-refractivity contribution >= 4 is 29.2 Å². The SMILES string of the molecule is CC(=O)Nc1cccc(OCCNC(=O)NCC(C)(C)c2cccc(Cl)c2)c1. The van der Waals surface area contributed by atoms with Crippen molar-refractivity contribution in [3.8, 4) is 5.75 Å². The van der Waals surface area contributed by atoms with Crippen LogP contribution in [0.3, 0.4) is 0 Å². The summed E-state index contributed by atoms with van der Waals surface area (Å²) in [5.74, 6) is 0.478. The molecule has 2 rings (SSSR count). The van der Waals surface area contributed by atoms with Gasteiger partial charge >= 0.3 is 6.03 Å². The van der Waals surface area contributed by atoms with E-state index in [1.54, 1.807) is 24.3 Å². The maximum absolute atomic E-state index is 12.0. The molecular weight excluding hydrogens is 378 g/mol. The van der Waals surface area contributed by atoms with Crippen molar-refractivity contribution < 1.29 is 14.3 Å². The van der Waals surface area contributed by atoms with E-state index in [4.69, 9.17) is 16.3 Å². The third-order valence-corrected chi connectivity index (χ3v) is 4.34. The summed E-state index contributed by atoms with van der Waals surface area (Å²) in [6, 6.07) is 14.5. The standard InChI is InChI=1S/C21H26ClN3O3/c1-15(26)25-18-8-5-9-19(13-18)28-11-10-23-20(27)24-14-21(2,3)16-6-4-7-17(22)12-16/h4-9,12-13H,10-11,14H2,1-3H3,(H,25,26)(H2,23,24,27). The zero-order chi connectivity index (χ0) is 20.6. The molecule has 0 unspecified atom stereocenters. The molecule has 0 aromatic heterocycles. The van der Waals surface area contributed by atoms with Crippen molar-refractivity contribution in [1.29, 1.82) is 0 Å². The smallest absolute Gasteiger partial charge is 0.314 e. The van der Waals surface area contributed by atoms with Crippen molar-refractivity contribution in [2.24, 2.45) is 0 Å². The van der Waals surface area contributed by atoms with Crippen molar-refractivity contribution in [2.45, 2.75) is 26.2 Å². The molecule has 0 heterocycles. The highest BCUT2D eigenvalue weighted by Crippen LogP contribution is 2.24. The van der Waals surface area contributed by atoms with Gasteiger partial charge in [-0.1, -0.05) is 43.6 Å². The lowest BCUT2D eigenvalue weighted by molar-refractivity contribution is -0.114. The van der Waals surface area contributed by atoms with Crippen LogP contribution in [0.25, 0.3) is 0 Å². The highest BCUT2D eigenvalue weighted by molar-refractivity contribution is 6.30. The van der Waals surface area contributed by atoms with Crippen LogP contribution in [0.15, 0.2) is 48.5 Å². The molecule has 150 valence electrons. The number of rotatable bonds is 8. The molecule has 6 nitrogen and oxygen atoms in total. The highest BCUT2D eigenvalue weighted by atomic mass is 35.5. The van der Waals surface area contributed by atoms with Gasteiger partial charge in [-0.15, -0.1) is 0 Å². The van der Waals surface area contributed by atoms with E-state index in [0.717, 1.165) is 5.56 Å². The first-order valence-corrected chi connectivity index (χ1v) is 9.42. The van der Waals surface area contributed by atoms with Gasteiger partial charge in [0.15, 0.2) is 0 Å². The third kappa shape index (κ3) is 7.12. The van der Waals surface area contributed by atoms with Crippen LogP contribution in [0.2, 0.25) is 5.02 Å². The number of carbonyl (C=O) groups is 2. The van der Waals surface area contributed by atoms with E-state index in [-0.39, 0.29) is 17.4 Å². The maximum Gasteiger partial charge on any atom is 0.314 e. The molecule has 2 aromatic rings. The highest BCUT2D eigenvalue weighted by Gasteiger charge is 2.21. The van der Waals surface area contributed by atoms with Crippen LogP contribution in [-0.4, -0.2) is 31.6 Å². The molecule has 2 aromatic carbocycles.